The minimum absolute atomic E-state index is 0.144. The van der Waals surface area contributed by atoms with Crippen LogP contribution in [0.25, 0.3) is 11.1 Å². The van der Waals surface area contributed by atoms with Crippen molar-refractivity contribution >= 4 is 5.97 Å². The van der Waals surface area contributed by atoms with Gasteiger partial charge in [0.2, 0.25) is 11.2 Å². The Morgan fingerprint density at radius 1 is 0.895 bits per heavy atom. The van der Waals surface area contributed by atoms with Crippen LogP contribution in [0.4, 0.5) is 0 Å². The van der Waals surface area contributed by atoms with Gasteiger partial charge >= 0.3 is 5.97 Å². The zero-order valence-electron chi connectivity index (χ0n) is 22.6. The Morgan fingerprint density at radius 3 is 2.26 bits per heavy atom. The minimum Gasteiger partial charge on any atom is -0.493 e. The lowest BCUT2D eigenvalue weighted by Crippen LogP contribution is -2.25. The van der Waals surface area contributed by atoms with E-state index in [1.807, 2.05) is 37.4 Å². The summed E-state index contributed by atoms with van der Waals surface area (Å²) in [6.45, 7) is 1.88. The van der Waals surface area contributed by atoms with Gasteiger partial charge in [0.05, 0.1) is 28.4 Å². The first-order valence-electron chi connectivity index (χ1n) is 12.3. The van der Waals surface area contributed by atoms with Crippen LogP contribution in [0, 0.1) is 0 Å². The summed E-state index contributed by atoms with van der Waals surface area (Å²) in [5, 5.41) is 0. The smallest absolute Gasteiger partial charge is 0.308 e. The van der Waals surface area contributed by atoms with E-state index in [0.29, 0.717) is 36.0 Å². The Balaban J connectivity index is 1.91. The fraction of sp³-hybridized carbons (Fsp3) is 0.333. The fourth-order valence-electron chi connectivity index (χ4n) is 5.17. The van der Waals surface area contributed by atoms with E-state index in [9.17, 15) is 9.59 Å². The molecule has 1 atom stereocenters. The molecule has 1 unspecified atom stereocenters. The van der Waals surface area contributed by atoms with E-state index in [1.165, 1.54) is 14.0 Å². The molecule has 0 radical (unpaired) electrons. The van der Waals surface area contributed by atoms with Crippen molar-refractivity contribution in [2.75, 3.05) is 35.5 Å². The highest BCUT2D eigenvalue weighted by Gasteiger charge is 2.31. The van der Waals surface area contributed by atoms with Gasteiger partial charge in [-0.3, -0.25) is 14.5 Å². The Labute approximate surface area is 222 Å². The molecule has 1 aliphatic rings. The molecule has 0 aliphatic heterocycles. The van der Waals surface area contributed by atoms with E-state index < -0.39 is 0 Å². The first kappa shape index (κ1) is 27.0. The van der Waals surface area contributed by atoms with Crippen molar-refractivity contribution in [1.29, 1.82) is 0 Å². The molecule has 0 aromatic heterocycles. The second kappa shape index (κ2) is 11.6. The maximum absolute atomic E-state index is 13.1. The number of esters is 1. The predicted molar refractivity (Wildman–Crippen MR) is 145 cm³/mol. The molecule has 38 heavy (non-hydrogen) atoms. The second-order valence-corrected chi connectivity index (χ2v) is 9.13. The average molecular weight is 520 g/mol. The quantitative estimate of drug-likeness (QED) is 0.310. The molecule has 8 nitrogen and oxygen atoms in total. The maximum Gasteiger partial charge on any atom is 0.308 e. The van der Waals surface area contributed by atoms with E-state index in [0.717, 1.165) is 34.2 Å². The molecule has 0 fully saturated rings. The summed E-state index contributed by atoms with van der Waals surface area (Å²) >= 11 is 0. The number of hydrogen-bond acceptors (Lipinski definition) is 8. The third-order valence-corrected chi connectivity index (χ3v) is 6.87. The topological polar surface area (TPSA) is 83.5 Å². The Hall–Kier alpha value is -4.04. The van der Waals surface area contributed by atoms with E-state index in [2.05, 4.69) is 4.90 Å². The van der Waals surface area contributed by atoms with Crippen molar-refractivity contribution in [3.8, 4) is 39.9 Å². The van der Waals surface area contributed by atoms with Crippen molar-refractivity contribution in [2.45, 2.75) is 32.4 Å². The van der Waals surface area contributed by atoms with Crippen LogP contribution in [-0.4, -0.2) is 46.4 Å². The number of fused-ring (bicyclic) bond motifs is 3. The SMILES string of the molecule is COc1cc2c(c(OC)c1OC)-c1ccc(OC)c(=O)cc1C(N(C)Cc1ccccc1OC(C)=O)CC2. The lowest BCUT2D eigenvalue weighted by Gasteiger charge is -2.29. The van der Waals surface area contributed by atoms with E-state index in [4.69, 9.17) is 23.7 Å². The molecule has 0 saturated heterocycles. The number of rotatable bonds is 8. The van der Waals surface area contributed by atoms with Gasteiger partial charge in [0.1, 0.15) is 5.75 Å². The zero-order chi connectivity index (χ0) is 27.4. The molecule has 3 aromatic rings. The van der Waals surface area contributed by atoms with Crippen LogP contribution in [0.3, 0.4) is 0 Å². The van der Waals surface area contributed by atoms with Gasteiger partial charge < -0.3 is 23.7 Å². The molecule has 200 valence electrons. The standard InChI is InChI=1S/C30H33NO7/c1-18(32)38-25-10-8-7-9-20(25)17-31(2)23-13-11-19-15-27(35-4)29(36-5)30(37-6)28(19)21-12-14-26(34-3)24(33)16-22(21)23/h7-10,12,14-16,23H,11,13,17H2,1-6H3. The molecule has 1 aliphatic carbocycles. The summed E-state index contributed by atoms with van der Waals surface area (Å²) < 4.78 is 28.0. The molecular weight excluding hydrogens is 486 g/mol. The Kier molecular flexibility index (Phi) is 8.22. The third kappa shape index (κ3) is 5.17. The predicted octanol–water partition coefficient (Wildman–Crippen LogP) is 4.79. The summed E-state index contributed by atoms with van der Waals surface area (Å²) in [5.41, 5.74) is 4.23. The van der Waals surface area contributed by atoms with Crippen LogP contribution in [0.2, 0.25) is 0 Å². The number of benzene rings is 2. The first-order chi connectivity index (χ1) is 18.3. The van der Waals surface area contributed by atoms with E-state index in [1.54, 1.807) is 39.5 Å². The highest BCUT2D eigenvalue weighted by atomic mass is 16.5. The maximum atomic E-state index is 13.1. The van der Waals surface area contributed by atoms with Crippen molar-refractivity contribution < 1.29 is 28.5 Å². The van der Waals surface area contributed by atoms with Gasteiger partial charge in [-0.25, -0.2) is 0 Å². The molecule has 0 bridgehead atoms. The minimum atomic E-state index is -0.375. The van der Waals surface area contributed by atoms with Gasteiger partial charge in [-0.15, -0.1) is 0 Å². The van der Waals surface area contributed by atoms with Gasteiger partial charge in [-0.05, 0) is 60.8 Å². The highest BCUT2D eigenvalue weighted by molar-refractivity contribution is 5.82. The number of nitrogens with zero attached hydrogens (tertiary/aromatic N) is 1. The first-order valence-corrected chi connectivity index (χ1v) is 12.3. The third-order valence-electron chi connectivity index (χ3n) is 6.87. The van der Waals surface area contributed by atoms with E-state index >= 15 is 0 Å². The lowest BCUT2D eigenvalue weighted by atomic mass is 9.95. The monoisotopic (exact) mass is 519 g/mol. The summed E-state index contributed by atoms with van der Waals surface area (Å²) in [4.78, 5) is 27.0. The van der Waals surface area contributed by atoms with Crippen molar-refractivity contribution in [1.82, 2.24) is 4.90 Å². The number of hydrogen-bond donors (Lipinski definition) is 0. The highest BCUT2D eigenvalue weighted by Crippen LogP contribution is 2.51. The molecule has 8 heteroatoms. The molecule has 0 amide bonds. The molecule has 0 N–H and O–H groups in total. The summed E-state index contributed by atoms with van der Waals surface area (Å²) in [5.74, 6) is 2.01. The van der Waals surface area contributed by atoms with Gasteiger partial charge in [0.15, 0.2) is 17.2 Å². The van der Waals surface area contributed by atoms with Crippen LogP contribution >= 0.6 is 0 Å². The summed E-state index contributed by atoms with van der Waals surface area (Å²) in [6, 6.07) is 14.5. The van der Waals surface area contributed by atoms with Crippen LogP contribution in [0.15, 0.2) is 53.3 Å². The largest absolute Gasteiger partial charge is 0.493 e. The lowest BCUT2D eigenvalue weighted by molar-refractivity contribution is -0.131. The van der Waals surface area contributed by atoms with Gasteiger partial charge in [-0.1, -0.05) is 24.3 Å². The summed E-state index contributed by atoms with van der Waals surface area (Å²) in [7, 11) is 8.26. The second-order valence-electron chi connectivity index (χ2n) is 9.13. The van der Waals surface area contributed by atoms with Crippen LogP contribution in [0.1, 0.15) is 36.1 Å². The fourth-order valence-corrected chi connectivity index (χ4v) is 5.17. The Bertz CT molecular complexity index is 1400. The van der Waals surface area contributed by atoms with Crippen molar-refractivity contribution in [3.05, 3.63) is 75.4 Å². The number of methoxy groups -OCH3 is 4. The normalized spacial score (nSPS) is 14.1. The number of aryl methyl sites for hydroxylation is 1. The Morgan fingerprint density at radius 2 is 1.61 bits per heavy atom. The van der Waals surface area contributed by atoms with E-state index in [-0.39, 0.29) is 23.2 Å². The number of para-hydroxylation sites is 1. The van der Waals surface area contributed by atoms with Crippen LogP contribution in [-0.2, 0) is 17.8 Å². The average Bonchev–Trinajstić information content (AvgIpc) is 3.15. The van der Waals surface area contributed by atoms with Gasteiger partial charge in [0, 0.05) is 30.6 Å². The van der Waals surface area contributed by atoms with Crippen LogP contribution in [0.5, 0.6) is 28.7 Å². The molecular formula is C30H33NO7. The van der Waals surface area contributed by atoms with Crippen LogP contribution < -0.4 is 29.1 Å². The summed E-state index contributed by atoms with van der Waals surface area (Å²) in [6.07, 6.45) is 1.42. The molecule has 0 saturated carbocycles. The number of carbonyl (C=O) groups excluding carboxylic acids is 1. The zero-order valence-corrected chi connectivity index (χ0v) is 22.6. The van der Waals surface area contributed by atoms with Crippen molar-refractivity contribution in [3.63, 3.8) is 0 Å². The van der Waals surface area contributed by atoms with Gasteiger partial charge in [0.25, 0.3) is 0 Å². The molecule has 0 heterocycles. The molecule has 0 spiro atoms. The van der Waals surface area contributed by atoms with Gasteiger partial charge in [-0.2, -0.15) is 0 Å². The number of carbonyl (C=O) groups is 1. The van der Waals surface area contributed by atoms with Crippen molar-refractivity contribution in [2.24, 2.45) is 0 Å². The molecule has 4 rings (SSSR count). The number of ether oxygens (including phenoxy) is 5. The molecule has 3 aromatic carbocycles.